The highest BCUT2D eigenvalue weighted by Gasteiger charge is 2.34. The monoisotopic (exact) mass is 474 g/mol. The second-order valence-corrected chi connectivity index (χ2v) is 8.99. The first kappa shape index (κ1) is 22.6. The molecule has 2 N–H and O–H groups in total. The first-order valence-corrected chi connectivity index (χ1v) is 11.6. The van der Waals surface area contributed by atoms with Gasteiger partial charge in [-0.1, -0.05) is 48.5 Å². The number of carbonyl (C=O) groups is 3. The molecule has 0 unspecified atom stereocenters. The van der Waals surface area contributed by atoms with E-state index >= 15 is 0 Å². The van der Waals surface area contributed by atoms with Crippen molar-refractivity contribution in [3.8, 4) is 11.1 Å². The summed E-state index contributed by atoms with van der Waals surface area (Å²) in [5.41, 5.74) is 5.07. The van der Waals surface area contributed by atoms with Gasteiger partial charge in [0, 0.05) is 32.5 Å². The maximum absolute atomic E-state index is 13.0. The van der Waals surface area contributed by atoms with E-state index in [4.69, 9.17) is 9.84 Å². The minimum absolute atomic E-state index is 0.0630. The number of carbonyl (C=O) groups excluding carboxylic acids is 2. The molecule has 5 rings (SSSR count). The van der Waals surface area contributed by atoms with Crippen LogP contribution in [0.15, 0.2) is 54.7 Å². The smallest absolute Gasteiger partial charge is 0.411 e. The van der Waals surface area contributed by atoms with Gasteiger partial charge in [0.25, 0.3) is 5.91 Å². The molecule has 2 aromatic carbocycles. The van der Waals surface area contributed by atoms with E-state index in [1.807, 2.05) is 24.3 Å². The van der Waals surface area contributed by atoms with Crippen LogP contribution in [0.1, 0.15) is 40.4 Å². The number of nitrogens with one attached hydrogen (secondary N) is 1. The van der Waals surface area contributed by atoms with Gasteiger partial charge in [0.05, 0.1) is 11.9 Å². The van der Waals surface area contributed by atoms with Crippen LogP contribution in [0.25, 0.3) is 11.1 Å². The molecule has 35 heavy (non-hydrogen) atoms. The molecule has 9 nitrogen and oxygen atoms in total. The van der Waals surface area contributed by atoms with E-state index < -0.39 is 12.1 Å². The summed E-state index contributed by atoms with van der Waals surface area (Å²) >= 11 is 0. The number of hydrogen-bond acceptors (Lipinski definition) is 5. The summed E-state index contributed by atoms with van der Waals surface area (Å²) in [5.74, 6) is -0.990. The number of aliphatic carboxylic acids is 1. The van der Waals surface area contributed by atoms with E-state index in [0.717, 1.165) is 22.3 Å². The molecule has 0 saturated carbocycles. The fraction of sp³-hybridized carbons (Fsp3) is 0.308. The molecule has 1 aromatic heterocycles. The van der Waals surface area contributed by atoms with E-state index in [2.05, 4.69) is 34.7 Å². The third kappa shape index (κ3) is 4.37. The van der Waals surface area contributed by atoms with Crippen LogP contribution in [0.3, 0.4) is 0 Å². The number of fused-ring (bicyclic) bond motifs is 3. The van der Waals surface area contributed by atoms with Crippen LogP contribution in [0.5, 0.6) is 0 Å². The van der Waals surface area contributed by atoms with E-state index in [1.165, 1.54) is 10.9 Å². The quantitative estimate of drug-likeness (QED) is 0.540. The Kier molecular flexibility index (Phi) is 5.98. The number of aromatic nitrogens is 2. The number of ether oxygens (including phenoxy) is 1. The molecule has 2 amide bonds. The molecule has 1 saturated heterocycles. The van der Waals surface area contributed by atoms with Gasteiger partial charge < -0.3 is 14.7 Å². The standard InChI is InChI=1S/C26H26N4O5/c1-29-24(25(33)30-13-16(14-30)10-11-23(31)32)22(12-27-29)28-26(34)35-15-21-19-8-4-2-6-17(19)18-7-3-5-9-20(18)21/h2-9,12,16,21H,10-11,13-15H2,1H3,(H,28,34)(H,31,32). The number of anilines is 1. The van der Waals surface area contributed by atoms with E-state index in [1.54, 1.807) is 11.9 Å². The number of amides is 2. The van der Waals surface area contributed by atoms with Gasteiger partial charge in [-0.2, -0.15) is 5.10 Å². The Morgan fingerprint density at radius 2 is 1.69 bits per heavy atom. The van der Waals surface area contributed by atoms with Crippen LogP contribution < -0.4 is 5.32 Å². The van der Waals surface area contributed by atoms with Crippen molar-refractivity contribution < 1.29 is 24.2 Å². The molecule has 2 aliphatic rings. The molecule has 3 aromatic rings. The third-order valence-corrected chi connectivity index (χ3v) is 6.73. The minimum atomic E-state index is -0.837. The summed E-state index contributed by atoms with van der Waals surface area (Å²) in [6.07, 6.45) is 1.40. The van der Waals surface area contributed by atoms with Gasteiger partial charge in [-0.25, -0.2) is 4.79 Å². The molecule has 1 fully saturated rings. The molecule has 0 radical (unpaired) electrons. The summed E-state index contributed by atoms with van der Waals surface area (Å²) in [6, 6.07) is 16.2. The lowest BCUT2D eigenvalue weighted by Gasteiger charge is -2.39. The van der Waals surface area contributed by atoms with Gasteiger partial charge in [-0.3, -0.25) is 19.6 Å². The summed E-state index contributed by atoms with van der Waals surface area (Å²) in [5, 5.41) is 15.6. The number of carboxylic acids is 1. The normalized spacial score (nSPS) is 14.7. The number of hydrogen-bond donors (Lipinski definition) is 2. The number of carboxylic acid groups (broad SMARTS) is 1. The summed E-state index contributed by atoms with van der Waals surface area (Å²) < 4.78 is 7.01. The molecule has 2 heterocycles. The zero-order chi connectivity index (χ0) is 24.5. The predicted octanol–water partition coefficient (Wildman–Crippen LogP) is 3.72. The Morgan fingerprint density at radius 1 is 1.06 bits per heavy atom. The Labute approximate surface area is 202 Å². The van der Waals surface area contributed by atoms with Gasteiger partial charge >= 0.3 is 12.1 Å². The van der Waals surface area contributed by atoms with Gasteiger partial charge in [-0.05, 0) is 34.6 Å². The Hall–Kier alpha value is -4.14. The summed E-state index contributed by atoms with van der Waals surface area (Å²) in [6.45, 7) is 1.14. The van der Waals surface area contributed by atoms with Crippen LogP contribution in [-0.4, -0.2) is 57.5 Å². The first-order valence-electron chi connectivity index (χ1n) is 11.6. The number of rotatable bonds is 7. The molecule has 0 spiro atoms. The van der Waals surface area contributed by atoms with Crippen LogP contribution in [0.4, 0.5) is 10.5 Å². The van der Waals surface area contributed by atoms with E-state index in [9.17, 15) is 14.4 Å². The average molecular weight is 475 g/mol. The van der Waals surface area contributed by atoms with Gasteiger partial charge in [0.15, 0.2) is 0 Å². The summed E-state index contributed by atoms with van der Waals surface area (Å²) in [4.78, 5) is 38.1. The lowest BCUT2D eigenvalue weighted by atomic mass is 9.94. The number of benzene rings is 2. The molecule has 0 bridgehead atoms. The maximum atomic E-state index is 13.0. The van der Waals surface area contributed by atoms with Crippen molar-refractivity contribution in [2.45, 2.75) is 18.8 Å². The highest BCUT2D eigenvalue weighted by atomic mass is 16.5. The molecular formula is C26H26N4O5. The second kappa shape index (κ2) is 9.25. The van der Waals surface area contributed by atoms with Crippen molar-refractivity contribution in [3.05, 3.63) is 71.5 Å². The fourth-order valence-electron chi connectivity index (χ4n) is 4.92. The van der Waals surface area contributed by atoms with Gasteiger partial charge in [0.1, 0.15) is 12.3 Å². The van der Waals surface area contributed by atoms with Crippen molar-refractivity contribution in [1.82, 2.24) is 14.7 Å². The second-order valence-electron chi connectivity index (χ2n) is 8.99. The molecule has 0 atom stereocenters. The van der Waals surface area contributed by atoms with Crippen LogP contribution in [-0.2, 0) is 16.6 Å². The van der Waals surface area contributed by atoms with Crippen molar-refractivity contribution in [3.63, 3.8) is 0 Å². The average Bonchev–Trinajstić information content (AvgIpc) is 3.33. The Bertz CT molecular complexity index is 1250. The van der Waals surface area contributed by atoms with E-state index in [0.29, 0.717) is 19.5 Å². The fourth-order valence-corrected chi connectivity index (χ4v) is 4.92. The maximum Gasteiger partial charge on any atom is 0.411 e. The van der Waals surface area contributed by atoms with Crippen molar-refractivity contribution in [1.29, 1.82) is 0 Å². The highest BCUT2D eigenvalue weighted by molar-refractivity contribution is 6.01. The third-order valence-electron chi connectivity index (χ3n) is 6.73. The topological polar surface area (TPSA) is 114 Å². The molecule has 9 heteroatoms. The van der Waals surface area contributed by atoms with Gasteiger partial charge in [-0.15, -0.1) is 0 Å². The first-order chi connectivity index (χ1) is 16.9. The Balaban J connectivity index is 1.22. The molecule has 1 aliphatic carbocycles. The SMILES string of the molecule is Cn1ncc(NC(=O)OCC2c3ccccc3-c3ccccc32)c1C(=O)N1CC(CCC(=O)O)C1. The predicted molar refractivity (Wildman–Crippen MR) is 128 cm³/mol. The van der Waals surface area contributed by atoms with Crippen LogP contribution >= 0.6 is 0 Å². The van der Waals surface area contributed by atoms with Crippen molar-refractivity contribution in [2.75, 3.05) is 25.0 Å². The number of nitrogens with zero attached hydrogens (tertiary/aromatic N) is 3. The zero-order valence-corrected chi connectivity index (χ0v) is 19.3. The van der Waals surface area contributed by atoms with Crippen molar-refractivity contribution in [2.24, 2.45) is 13.0 Å². The van der Waals surface area contributed by atoms with Crippen molar-refractivity contribution >= 4 is 23.7 Å². The molecule has 180 valence electrons. The van der Waals surface area contributed by atoms with Crippen LogP contribution in [0.2, 0.25) is 0 Å². The number of likely N-dealkylation sites (tertiary alicyclic amines) is 1. The van der Waals surface area contributed by atoms with Gasteiger partial charge in [0.2, 0.25) is 0 Å². The Morgan fingerprint density at radius 3 is 2.31 bits per heavy atom. The van der Waals surface area contributed by atoms with Crippen LogP contribution in [0, 0.1) is 5.92 Å². The minimum Gasteiger partial charge on any atom is -0.481 e. The highest BCUT2D eigenvalue weighted by Crippen LogP contribution is 2.44. The zero-order valence-electron chi connectivity index (χ0n) is 19.3. The number of aryl methyl sites for hydroxylation is 1. The molecule has 1 aliphatic heterocycles. The summed E-state index contributed by atoms with van der Waals surface area (Å²) in [7, 11) is 1.64. The lowest BCUT2D eigenvalue weighted by molar-refractivity contribution is -0.137. The van der Waals surface area contributed by atoms with E-state index in [-0.39, 0.29) is 42.2 Å². The lowest BCUT2D eigenvalue weighted by Crippen LogP contribution is -2.50. The largest absolute Gasteiger partial charge is 0.481 e. The molecular weight excluding hydrogens is 448 g/mol.